The predicted octanol–water partition coefficient (Wildman–Crippen LogP) is 6.75. The Morgan fingerprint density at radius 1 is 1.18 bits per heavy atom. The van der Waals surface area contributed by atoms with E-state index in [4.69, 9.17) is 16.3 Å². The molecule has 3 aliphatic heterocycles. The average Bonchev–Trinajstić information content (AvgIpc) is 3.11. The van der Waals surface area contributed by atoms with E-state index in [0.717, 1.165) is 66.1 Å². The lowest BCUT2D eigenvalue weighted by atomic mass is 9.64. The maximum Gasteiger partial charge on any atom is 0.264 e. The largest absolute Gasteiger partial charge is 0.377 e. The third kappa shape index (κ3) is 5.01. The van der Waals surface area contributed by atoms with Crippen LogP contribution in [0.15, 0.2) is 46.9 Å². The summed E-state index contributed by atoms with van der Waals surface area (Å²) in [5.41, 5.74) is 4.01. The van der Waals surface area contributed by atoms with E-state index in [1.807, 2.05) is 25.1 Å². The highest BCUT2D eigenvalue weighted by molar-refractivity contribution is 7.99. The molecule has 1 amide bonds. The Bertz CT molecular complexity index is 1650. The molecule has 0 radical (unpaired) electrons. The smallest absolute Gasteiger partial charge is 0.264 e. The first-order chi connectivity index (χ1) is 21.0. The van der Waals surface area contributed by atoms with E-state index in [9.17, 15) is 13.2 Å². The van der Waals surface area contributed by atoms with Crippen molar-refractivity contribution in [3.8, 4) is 0 Å². The van der Waals surface area contributed by atoms with Crippen molar-refractivity contribution in [3.05, 3.63) is 69.5 Å². The van der Waals surface area contributed by atoms with Gasteiger partial charge in [0.2, 0.25) is 10.0 Å². The molecule has 8 rings (SSSR count). The van der Waals surface area contributed by atoms with Crippen molar-refractivity contribution in [1.82, 2.24) is 4.72 Å². The lowest BCUT2D eigenvalue weighted by Crippen LogP contribution is -2.50. The number of rotatable bonds is 1. The van der Waals surface area contributed by atoms with Gasteiger partial charge in [-0.15, -0.1) is 11.8 Å². The van der Waals surface area contributed by atoms with E-state index in [-0.39, 0.29) is 34.2 Å². The van der Waals surface area contributed by atoms with Gasteiger partial charge < -0.3 is 9.64 Å². The van der Waals surface area contributed by atoms with Gasteiger partial charge in [0, 0.05) is 41.8 Å². The maximum atomic E-state index is 15.3. The number of carbonyl (C=O) groups is 1. The van der Waals surface area contributed by atoms with Crippen LogP contribution >= 0.6 is 23.4 Å². The monoisotopic (exact) mass is 658 g/mol. The number of amides is 1. The van der Waals surface area contributed by atoms with E-state index in [1.54, 1.807) is 37.9 Å². The van der Waals surface area contributed by atoms with Crippen LogP contribution in [0, 0.1) is 29.5 Å². The lowest BCUT2D eigenvalue weighted by molar-refractivity contribution is -0.000468. The Morgan fingerprint density at radius 3 is 2.70 bits per heavy atom. The number of methoxy groups -OCH3 is 1. The maximum absolute atomic E-state index is 15.3. The molecule has 1 spiro atoms. The van der Waals surface area contributed by atoms with Crippen LogP contribution in [0.25, 0.3) is 0 Å². The van der Waals surface area contributed by atoms with Crippen LogP contribution in [0.5, 0.6) is 0 Å². The summed E-state index contributed by atoms with van der Waals surface area (Å²) in [7, 11) is -2.11. The number of nitrogens with one attached hydrogen (secondary N) is 1. The summed E-state index contributed by atoms with van der Waals surface area (Å²) in [4.78, 5) is 16.9. The molecule has 3 heterocycles. The van der Waals surface area contributed by atoms with E-state index in [2.05, 4.69) is 15.7 Å². The molecule has 6 aliphatic rings. The normalized spacial score (nSPS) is 34.4. The fourth-order valence-corrected chi connectivity index (χ4v) is 11.2. The molecular formula is C34H40ClFN2O4S2. The minimum Gasteiger partial charge on any atom is -0.377 e. The SMILES string of the molecule is CO[C@H]1C2=C[C@@H](C2)[C@H](C)[C@@H](C)S(=O)(=O)NC(=O)c2ccc3c(c2)N(C[C@@H]2CC[C@H]21)C[C@@]1(CCCc2c1ccc(Cl)c2F)CS3. The molecule has 2 aromatic carbocycles. The Hall–Kier alpha value is -2.07. The number of halogens is 2. The molecule has 6 nitrogen and oxygen atoms in total. The highest BCUT2D eigenvalue weighted by atomic mass is 35.5. The molecule has 4 bridgehead atoms. The van der Waals surface area contributed by atoms with Crippen LogP contribution < -0.4 is 9.62 Å². The van der Waals surface area contributed by atoms with Crippen molar-refractivity contribution in [1.29, 1.82) is 0 Å². The summed E-state index contributed by atoms with van der Waals surface area (Å²) in [6.45, 7) is 5.13. The summed E-state index contributed by atoms with van der Waals surface area (Å²) in [5, 5.41) is -0.562. The Kier molecular flexibility index (Phi) is 7.87. The van der Waals surface area contributed by atoms with Crippen molar-refractivity contribution in [2.45, 2.75) is 74.0 Å². The quantitative estimate of drug-likeness (QED) is 0.342. The van der Waals surface area contributed by atoms with Crippen LogP contribution in [0.4, 0.5) is 10.1 Å². The van der Waals surface area contributed by atoms with Gasteiger partial charge >= 0.3 is 0 Å². The standard InChI is InChI=1S/C34H40ClFN2O4S2/c1-19-20(2)44(40,41)37-33(39)21-7-11-30-29(15-21)38(16-22-6-8-25(22)32(42-3)24-13-23(19)14-24)17-34(18-43-30)12-4-5-26-27(34)9-10-28(35)31(26)36/h7,9-11,13,15,19-20,22-23,25,32H,4-6,8,12,14,16-18H2,1-3H3,(H,37,39)/t19-,20-,22+,23+,25-,32+,34+/m1/s1. The third-order valence-corrected chi connectivity index (χ3v) is 14.9. The van der Waals surface area contributed by atoms with E-state index >= 15 is 4.39 Å². The zero-order valence-corrected chi connectivity index (χ0v) is 27.8. The summed E-state index contributed by atoms with van der Waals surface area (Å²) < 4.78 is 50.6. The van der Waals surface area contributed by atoms with Crippen LogP contribution in [-0.2, 0) is 26.6 Å². The molecule has 1 saturated carbocycles. The lowest BCUT2D eigenvalue weighted by Gasteiger charge is -2.48. The molecule has 0 unspecified atom stereocenters. The number of thioether (sulfide) groups is 1. The molecule has 1 fully saturated rings. The van der Waals surface area contributed by atoms with E-state index in [0.29, 0.717) is 30.4 Å². The molecule has 7 atom stereocenters. The second-order valence-electron chi connectivity index (χ2n) is 13.7. The van der Waals surface area contributed by atoms with Crippen LogP contribution in [0.1, 0.15) is 67.4 Å². The Morgan fingerprint density at radius 2 is 1.98 bits per heavy atom. The summed E-state index contributed by atoms with van der Waals surface area (Å²) >= 11 is 7.98. The zero-order valence-electron chi connectivity index (χ0n) is 25.4. The number of carbonyl (C=O) groups excluding carboxylic acids is 1. The number of benzene rings is 2. The molecule has 0 aromatic heterocycles. The van der Waals surface area contributed by atoms with Crippen molar-refractivity contribution in [2.24, 2.45) is 23.7 Å². The van der Waals surface area contributed by atoms with Crippen molar-refractivity contribution < 1.29 is 22.3 Å². The highest BCUT2D eigenvalue weighted by Crippen LogP contribution is 2.51. The van der Waals surface area contributed by atoms with Crippen LogP contribution in [0.3, 0.4) is 0 Å². The van der Waals surface area contributed by atoms with Crippen LogP contribution in [0.2, 0.25) is 5.02 Å². The van der Waals surface area contributed by atoms with Gasteiger partial charge in [-0.05, 0) is 110 Å². The number of sulfonamides is 1. The molecule has 236 valence electrons. The number of allylic oxidation sites excluding steroid dienone is 1. The third-order valence-electron chi connectivity index (χ3n) is 11.4. The van der Waals surface area contributed by atoms with E-state index < -0.39 is 21.2 Å². The van der Waals surface area contributed by atoms with Gasteiger partial charge in [-0.2, -0.15) is 0 Å². The molecule has 0 saturated heterocycles. The average molecular weight is 659 g/mol. The summed E-state index contributed by atoms with van der Waals surface area (Å²) in [6.07, 6.45) is 7.71. The Labute approximate surface area is 269 Å². The summed E-state index contributed by atoms with van der Waals surface area (Å²) in [6, 6.07) is 9.25. The van der Waals surface area contributed by atoms with Gasteiger partial charge in [-0.25, -0.2) is 17.5 Å². The second-order valence-corrected chi connectivity index (χ2v) is 17.1. The van der Waals surface area contributed by atoms with Gasteiger partial charge in [-0.3, -0.25) is 4.79 Å². The summed E-state index contributed by atoms with van der Waals surface area (Å²) in [5.74, 6) is 0.634. The molecule has 44 heavy (non-hydrogen) atoms. The number of fused-ring (bicyclic) bond motifs is 6. The van der Waals surface area contributed by atoms with Crippen molar-refractivity contribution in [3.63, 3.8) is 0 Å². The Balaban J connectivity index is 1.32. The number of hydrogen-bond donors (Lipinski definition) is 1. The topological polar surface area (TPSA) is 75.7 Å². The number of ether oxygens (including phenoxy) is 1. The zero-order chi connectivity index (χ0) is 31.0. The van der Waals surface area contributed by atoms with Gasteiger partial charge in [0.05, 0.1) is 22.1 Å². The van der Waals surface area contributed by atoms with Crippen molar-refractivity contribution in [2.75, 3.05) is 30.9 Å². The van der Waals surface area contributed by atoms with Gasteiger partial charge in [0.25, 0.3) is 5.91 Å². The fourth-order valence-electron chi connectivity index (χ4n) is 8.37. The number of anilines is 1. The first kappa shape index (κ1) is 30.6. The number of nitrogens with zero attached hydrogens (tertiary/aromatic N) is 1. The minimum absolute atomic E-state index is 0.0180. The molecule has 3 aliphatic carbocycles. The molecular weight excluding hydrogens is 619 g/mol. The first-order valence-electron chi connectivity index (χ1n) is 15.8. The predicted molar refractivity (Wildman–Crippen MR) is 174 cm³/mol. The molecule has 10 heteroatoms. The van der Waals surface area contributed by atoms with Gasteiger partial charge in [-0.1, -0.05) is 30.7 Å². The minimum atomic E-state index is -3.90. The van der Waals surface area contributed by atoms with Gasteiger partial charge in [0.15, 0.2) is 0 Å². The van der Waals surface area contributed by atoms with Gasteiger partial charge in [0.1, 0.15) is 5.82 Å². The first-order valence-corrected chi connectivity index (χ1v) is 18.7. The van der Waals surface area contributed by atoms with E-state index in [1.165, 1.54) is 5.57 Å². The number of hydrogen-bond acceptors (Lipinski definition) is 6. The highest BCUT2D eigenvalue weighted by Gasteiger charge is 2.47. The van der Waals surface area contributed by atoms with Crippen LogP contribution in [-0.4, -0.2) is 51.6 Å². The fraction of sp³-hybridized carbons (Fsp3) is 0.559. The molecule has 1 N–H and O–H groups in total. The molecule has 2 aromatic rings. The second kappa shape index (κ2) is 11.3. The van der Waals surface area contributed by atoms with Crippen molar-refractivity contribution >= 4 is 45.0 Å².